The molecule has 1 aromatic carbocycles. The maximum atomic E-state index is 12.6. The minimum absolute atomic E-state index is 0. The highest BCUT2D eigenvalue weighted by molar-refractivity contribution is 6.01. The second kappa shape index (κ2) is 7.61. The quantitative estimate of drug-likeness (QED) is 0.495. The van der Waals surface area contributed by atoms with E-state index in [9.17, 15) is 14.9 Å². The van der Waals surface area contributed by atoms with Gasteiger partial charge in [0.2, 0.25) is 0 Å². The van der Waals surface area contributed by atoms with Gasteiger partial charge in [-0.15, -0.1) is 12.4 Å². The number of halogens is 1. The maximum absolute atomic E-state index is 12.6. The smallest absolute Gasteiger partial charge is 0.293 e. The van der Waals surface area contributed by atoms with Crippen molar-refractivity contribution in [3.05, 3.63) is 33.4 Å². The Labute approximate surface area is 141 Å². The molecule has 8 heteroatoms. The number of nitro groups is 1. The molecule has 0 spiro atoms. The first-order valence-electron chi connectivity index (χ1n) is 7.40. The fourth-order valence-corrected chi connectivity index (χ4v) is 2.91. The van der Waals surface area contributed by atoms with Gasteiger partial charge in [-0.25, -0.2) is 0 Å². The number of anilines is 1. The van der Waals surface area contributed by atoms with Crippen LogP contribution in [0.5, 0.6) is 0 Å². The van der Waals surface area contributed by atoms with Crippen molar-refractivity contribution in [2.75, 3.05) is 18.8 Å². The Morgan fingerprint density at radius 1 is 1.39 bits per heavy atom. The Kier molecular flexibility index (Phi) is 6.35. The van der Waals surface area contributed by atoms with E-state index in [4.69, 9.17) is 11.5 Å². The van der Waals surface area contributed by atoms with Gasteiger partial charge in [-0.2, -0.15) is 0 Å². The predicted molar refractivity (Wildman–Crippen MR) is 91.8 cm³/mol. The number of likely N-dealkylation sites (tertiary alicyclic amines) is 1. The lowest BCUT2D eigenvalue weighted by Crippen LogP contribution is -2.42. The summed E-state index contributed by atoms with van der Waals surface area (Å²) < 4.78 is 0. The molecule has 0 aliphatic carbocycles. The summed E-state index contributed by atoms with van der Waals surface area (Å²) in [5, 5.41) is 11.0. The van der Waals surface area contributed by atoms with Crippen LogP contribution < -0.4 is 11.5 Å². The lowest BCUT2D eigenvalue weighted by atomic mass is 9.90. The van der Waals surface area contributed by atoms with Crippen LogP contribution in [-0.2, 0) is 0 Å². The molecule has 23 heavy (non-hydrogen) atoms. The fraction of sp³-hybridized carbons (Fsp3) is 0.533. The molecule has 1 atom stereocenters. The lowest BCUT2D eigenvalue weighted by molar-refractivity contribution is -0.384. The monoisotopic (exact) mass is 342 g/mol. The summed E-state index contributed by atoms with van der Waals surface area (Å²) in [6.07, 6.45) is 1.69. The van der Waals surface area contributed by atoms with E-state index in [1.807, 2.05) is 6.92 Å². The zero-order chi connectivity index (χ0) is 16.4. The molecule has 1 aliphatic rings. The Morgan fingerprint density at radius 3 is 2.43 bits per heavy atom. The summed E-state index contributed by atoms with van der Waals surface area (Å²) in [7, 11) is 0. The minimum Gasteiger partial charge on any atom is -0.393 e. The van der Waals surface area contributed by atoms with Crippen LogP contribution >= 0.6 is 12.4 Å². The summed E-state index contributed by atoms with van der Waals surface area (Å²) in [6.45, 7) is 4.90. The molecule has 1 aliphatic heterocycles. The highest BCUT2D eigenvalue weighted by Gasteiger charge is 2.28. The number of benzene rings is 1. The van der Waals surface area contributed by atoms with Crippen molar-refractivity contribution < 1.29 is 9.72 Å². The molecule has 1 heterocycles. The fourth-order valence-electron chi connectivity index (χ4n) is 2.91. The summed E-state index contributed by atoms with van der Waals surface area (Å²) in [5.74, 6) is 0.167. The highest BCUT2D eigenvalue weighted by atomic mass is 35.5. The van der Waals surface area contributed by atoms with E-state index < -0.39 is 4.92 Å². The van der Waals surface area contributed by atoms with Crippen molar-refractivity contribution in [3.63, 3.8) is 0 Å². The van der Waals surface area contributed by atoms with Gasteiger partial charge in [0, 0.05) is 25.2 Å². The third-order valence-corrected chi connectivity index (χ3v) is 4.30. The van der Waals surface area contributed by atoms with Gasteiger partial charge in [-0.3, -0.25) is 14.9 Å². The van der Waals surface area contributed by atoms with Gasteiger partial charge in [0.05, 0.1) is 10.5 Å². The van der Waals surface area contributed by atoms with Crippen LogP contribution in [0.25, 0.3) is 0 Å². The van der Waals surface area contributed by atoms with Gasteiger partial charge >= 0.3 is 0 Å². The third-order valence-electron chi connectivity index (χ3n) is 4.30. The standard InChI is InChI=1S/C15H22N4O3.ClH/c1-9-7-12(14(17)13(8-9)19(21)22)15(20)18-5-3-11(4-6-18)10(2)16;/h7-8,10-11H,3-6,16-17H2,1-2H3;1H. The molecule has 2 rings (SSSR count). The highest BCUT2D eigenvalue weighted by Crippen LogP contribution is 2.29. The first-order valence-corrected chi connectivity index (χ1v) is 7.40. The van der Waals surface area contributed by atoms with Crippen molar-refractivity contribution in [1.29, 1.82) is 0 Å². The normalized spacial score (nSPS) is 16.6. The number of amides is 1. The molecule has 1 saturated heterocycles. The van der Waals surface area contributed by atoms with Gasteiger partial charge in [-0.1, -0.05) is 0 Å². The van der Waals surface area contributed by atoms with Crippen LogP contribution in [0.4, 0.5) is 11.4 Å². The predicted octanol–water partition coefficient (Wildman–Crippen LogP) is 2.11. The zero-order valence-corrected chi connectivity index (χ0v) is 14.1. The van der Waals surface area contributed by atoms with Gasteiger partial charge in [0.15, 0.2) is 0 Å². The van der Waals surface area contributed by atoms with Crippen molar-refractivity contribution >= 4 is 29.7 Å². The molecule has 1 unspecified atom stereocenters. The van der Waals surface area contributed by atoms with Gasteiger partial charge < -0.3 is 16.4 Å². The molecule has 1 amide bonds. The number of nitrogens with two attached hydrogens (primary N) is 2. The Balaban J connectivity index is 0.00000264. The van der Waals surface area contributed by atoms with Crippen molar-refractivity contribution in [3.8, 4) is 0 Å². The molecular formula is C15H23ClN4O3. The largest absolute Gasteiger partial charge is 0.393 e. The number of nitrogen functional groups attached to an aromatic ring is 1. The van der Waals surface area contributed by atoms with Crippen LogP contribution in [0, 0.1) is 23.0 Å². The summed E-state index contributed by atoms with van der Waals surface area (Å²) in [4.78, 5) is 24.8. The Bertz CT molecular complexity index is 599. The number of aryl methyl sites for hydroxylation is 1. The number of carbonyl (C=O) groups excluding carboxylic acids is 1. The lowest BCUT2D eigenvalue weighted by Gasteiger charge is -2.34. The Hall–Kier alpha value is -1.86. The van der Waals surface area contributed by atoms with Crippen molar-refractivity contribution in [2.45, 2.75) is 32.7 Å². The van der Waals surface area contributed by atoms with Gasteiger partial charge in [0.25, 0.3) is 11.6 Å². The van der Waals surface area contributed by atoms with Crippen LogP contribution in [-0.4, -0.2) is 34.9 Å². The molecule has 0 bridgehead atoms. The molecule has 0 saturated carbocycles. The van der Waals surface area contributed by atoms with E-state index in [1.165, 1.54) is 6.07 Å². The number of nitrogens with zero attached hydrogens (tertiary/aromatic N) is 2. The zero-order valence-electron chi connectivity index (χ0n) is 13.3. The van der Waals surface area contributed by atoms with E-state index in [-0.39, 0.29) is 41.3 Å². The number of nitro benzene ring substituents is 1. The molecule has 1 fully saturated rings. The molecule has 0 radical (unpaired) electrons. The average molecular weight is 343 g/mol. The number of hydrogen-bond acceptors (Lipinski definition) is 5. The van der Waals surface area contributed by atoms with E-state index in [2.05, 4.69) is 0 Å². The topological polar surface area (TPSA) is 115 Å². The van der Waals surface area contributed by atoms with E-state index in [0.717, 1.165) is 12.8 Å². The van der Waals surface area contributed by atoms with Crippen LogP contribution in [0.15, 0.2) is 12.1 Å². The average Bonchev–Trinajstić information content (AvgIpc) is 2.48. The number of hydrogen-bond donors (Lipinski definition) is 2. The molecule has 4 N–H and O–H groups in total. The van der Waals surface area contributed by atoms with Gasteiger partial charge in [0.1, 0.15) is 5.69 Å². The SMILES string of the molecule is Cc1cc(C(=O)N2CCC(C(C)N)CC2)c(N)c([N+](=O)[O-])c1.Cl. The van der Waals surface area contributed by atoms with Crippen LogP contribution in [0.2, 0.25) is 0 Å². The first-order chi connectivity index (χ1) is 10.3. The number of rotatable bonds is 3. The minimum atomic E-state index is -0.554. The number of piperidine rings is 1. The second-order valence-electron chi connectivity index (χ2n) is 5.99. The van der Waals surface area contributed by atoms with Crippen molar-refractivity contribution in [2.24, 2.45) is 11.7 Å². The van der Waals surface area contributed by atoms with Crippen molar-refractivity contribution in [1.82, 2.24) is 4.90 Å². The molecular weight excluding hydrogens is 320 g/mol. The second-order valence-corrected chi connectivity index (χ2v) is 5.99. The first kappa shape index (κ1) is 19.2. The summed E-state index contributed by atoms with van der Waals surface area (Å²) >= 11 is 0. The molecule has 0 aromatic heterocycles. The third kappa shape index (κ3) is 4.11. The maximum Gasteiger partial charge on any atom is 0.293 e. The van der Waals surface area contributed by atoms with E-state index in [0.29, 0.717) is 24.6 Å². The summed E-state index contributed by atoms with van der Waals surface area (Å²) in [5.41, 5.74) is 12.3. The molecule has 128 valence electrons. The van der Waals surface area contributed by atoms with Gasteiger partial charge in [-0.05, 0) is 44.2 Å². The number of carbonyl (C=O) groups is 1. The van der Waals surface area contributed by atoms with E-state index in [1.54, 1.807) is 17.9 Å². The van der Waals surface area contributed by atoms with Crippen LogP contribution in [0.1, 0.15) is 35.7 Å². The molecule has 1 aromatic rings. The summed E-state index contributed by atoms with van der Waals surface area (Å²) in [6, 6.07) is 3.11. The molecule has 7 nitrogen and oxygen atoms in total. The van der Waals surface area contributed by atoms with Crippen LogP contribution in [0.3, 0.4) is 0 Å². The Morgan fingerprint density at radius 2 is 1.96 bits per heavy atom. The van der Waals surface area contributed by atoms with E-state index >= 15 is 0 Å².